The lowest BCUT2D eigenvalue weighted by atomic mass is 10.2. The first-order valence-corrected chi connectivity index (χ1v) is 6.17. The van der Waals surface area contributed by atoms with Crippen LogP contribution in [-0.4, -0.2) is 10.9 Å². The Morgan fingerprint density at radius 3 is 2.61 bits per heavy atom. The number of primary amides is 1. The third-order valence-corrected chi connectivity index (χ3v) is 3.48. The number of carbonyl (C=O) groups is 1. The van der Waals surface area contributed by atoms with Gasteiger partial charge in [-0.15, -0.1) is 11.3 Å². The molecule has 0 radical (unpaired) electrons. The Kier molecular flexibility index (Phi) is 3.57. The average molecular weight is 265 g/mol. The van der Waals surface area contributed by atoms with E-state index >= 15 is 0 Å². The van der Waals surface area contributed by atoms with Gasteiger partial charge in [-0.25, -0.2) is 9.37 Å². The van der Waals surface area contributed by atoms with Gasteiger partial charge in [0.15, 0.2) is 0 Å². The van der Waals surface area contributed by atoms with Crippen molar-refractivity contribution in [3.63, 3.8) is 0 Å². The van der Waals surface area contributed by atoms with Gasteiger partial charge in [0, 0.05) is 5.69 Å². The van der Waals surface area contributed by atoms with Gasteiger partial charge in [-0.1, -0.05) is 0 Å². The molecule has 1 aromatic carbocycles. The number of nitrogens with one attached hydrogen (secondary N) is 1. The summed E-state index contributed by atoms with van der Waals surface area (Å²) in [5.41, 5.74) is 8.43. The number of thiazole rings is 1. The maximum atomic E-state index is 12.8. The minimum Gasteiger partial charge on any atom is -0.369 e. The minimum absolute atomic E-state index is 0.329. The summed E-state index contributed by atoms with van der Waals surface area (Å²) in [5, 5.41) is 2.98. The summed E-state index contributed by atoms with van der Waals surface area (Å²) in [6.45, 7) is 1.81. The van der Waals surface area contributed by atoms with Crippen LogP contribution in [0.2, 0.25) is 0 Å². The van der Waals surface area contributed by atoms with Gasteiger partial charge in [-0.3, -0.25) is 4.79 Å². The molecule has 4 nitrogen and oxygen atoms in total. The molecule has 0 aliphatic carbocycles. The van der Waals surface area contributed by atoms with E-state index in [1.807, 2.05) is 6.92 Å². The van der Waals surface area contributed by atoms with Crippen LogP contribution in [0.4, 0.5) is 10.1 Å². The first-order chi connectivity index (χ1) is 8.58. The van der Waals surface area contributed by atoms with Crippen molar-refractivity contribution in [1.29, 1.82) is 0 Å². The number of halogens is 1. The highest BCUT2D eigenvalue weighted by atomic mass is 32.1. The van der Waals surface area contributed by atoms with Crippen LogP contribution >= 0.6 is 11.3 Å². The number of aromatic nitrogens is 1. The zero-order valence-corrected chi connectivity index (χ0v) is 10.5. The Morgan fingerprint density at radius 2 is 2.11 bits per heavy atom. The number of anilines is 1. The summed E-state index contributed by atoms with van der Waals surface area (Å²) in [6.07, 6.45) is 0. The summed E-state index contributed by atoms with van der Waals surface area (Å²) in [5.74, 6) is -0.822. The van der Waals surface area contributed by atoms with Crippen molar-refractivity contribution in [2.75, 3.05) is 5.32 Å². The third kappa shape index (κ3) is 2.65. The summed E-state index contributed by atoms with van der Waals surface area (Å²) < 4.78 is 12.8. The number of nitrogens with two attached hydrogens (primary N) is 1. The molecular weight excluding hydrogens is 253 g/mol. The normalized spacial score (nSPS) is 12.1. The highest BCUT2D eigenvalue weighted by molar-refractivity contribution is 7.10. The van der Waals surface area contributed by atoms with Gasteiger partial charge in [0.1, 0.15) is 11.9 Å². The van der Waals surface area contributed by atoms with Crippen molar-refractivity contribution in [3.8, 4) is 0 Å². The Labute approximate surface area is 108 Å². The molecule has 6 heteroatoms. The van der Waals surface area contributed by atoms with E-state index in [0.717, 1.165) is 10.6 Å². The zero-order valence-electron chi connectivity index (χ0n) is 9.68. The van der Waals surface area contributed by atoms with Gasteiger partial charge in [0.05, 0.1) is 16.1 Å². The van der Waals surface area contributed by atoms with Crippen molar-refractivity contribution < 1.29 is 9.18 Å². The molecule has 3 N–H and O–H groups in total. The molecule has 2 rings (SSSR count). The number of carbonyl (C=O) groups excluding carboxylic acids is 1. The predicted molar refractivity (Wildman–Crippen MR) is 68.8 cm³/mol. The van der Waals surface area contributed by atoms with Crippen LogP contribution in [0.5, 0.6) is 0 Å². The molecule has 0 fully saturated rings. The van der Waals surface area contributed by atoms with Gasteiger partial charge in [0.2, 0.25) is 5.91 Å². The highest BCUT2D eigenvalue weighted by Gasteiger charge is 2.21. The predicted octanol–water partition coefficient (Wildman–Crippen LogP) is 2.23. The molecule has 1 unspecified atom stereocenters. The van der Waals surface area contributed by atoms with Crippen LogP contribution in [-0.2, 0) is 4.79 Å². The van der Waals surface area contributed by atoms with Crippen LogP contribution in [0.15, 0.2) is 29.8 Å². The highest BCUT2D eigenvalue weighted by Crippen LogP contribution is 2.25. The van der Waals surface area contributed by atoms with Crippen LogP contribution in [0, 0.1) is 12.7 Å². The van der Waals surface area contributed by atoms with E-state index in [0.29, 0.717) is 5.69 Å². The van der Waals surface area contributed by atoms with Crippen molar-refractivity contribution >= 4 is 22.9 Å². The molecule has 1 atom stereocenters. The van der Waals surface area contributed by atoms with Crippen molar-refractivity contribution in [2.45, 2.75) is 13.0 Å². The number of nitrogens with zero attached hydrogens (tertiary/aromatic N) is 1. The second-order valence-electron chi connectivity index (χ2n) is 3.79. The molecule has 0 spiro atoms. The van der Waals surface area contributed by atoms with Crippen LogP contribution < -0.4 is 11.1 Å². The fraction of sp³-hybridized carbons (Fsp3) is 0.167. The van der Waals surface area contributed by atoms with Gasteiger partial charge in [0.25, 0.3) is 0 Å². The second kappa shape index (κ2) is 5.14. The monoisotopic (exact) mass is 265 g/mol. The Bertz CT molecular complexity index is 553. The summed E-state index contributed by atoms with van der Waals surface area (Å²) >= 11 is 1.36. The Balaban J connectivity index is 2.25. The number of rotatable bonds is 4. The number of benzene rings is 1. The van der Waals surface area contributed by atoms with Gasteiger partial charge < -0.3 is 11.1 Å². The van der Waals surface area contributed by atoms with E-state index in [1.165, 1.54) is 23.5 Å². The summed E-state index contributed by atoms with van der Waals surface area (Å²) in [6, 6.07) is 5.10. The lowest BCUT2D eigenvalue weighted by Crippen LogP contribution is -2.27. The molecule has 0 aliphatic rings. The molecular formula is C12H12FN3OS. The van der Waals surface area contributed by atoms with Gasteiger partial charge in [-0.05, 0) is 31.2 Å². The average Bonchev–Trinajstić information content (AvgIpc) is 2.74. The van der Waals surface area contributed by atoms with E-state index in [2.05, 4.69) is 10.3 Å². The molecule has 1 heterocycles. The SMILES string of the molecule is Cc1ncsc1C(Nc1ccc(F)cc1)C(N)=O. The molecule has 0 saturated heterocycles. The standard InChI is InChI=1S/C12H12FN3OS/c1-7-11(18-6-15-7)10(12(14)17)16-9-4-2-8(13)3-5-9/h2-6,10,16H,1H3,(H2,14,17). The maximum absolute atomic E-state index is 12.8. The van der Waals surface area contributed by atoms with Crippen molar-refractivity contribution in [3.05, 3.63) is 46.2 Å². The van der Waals surface area contributed by atoms with E-state index in [4.69, 9.17) is 5.73 Å². The molecule has 2 aromatic rings. The quantitative estimate of drug-likeness (QED) is 0.890. The smallest absolute Gasteiger partial charge is 0.245 e. The fourth-order valence-electron chi connectivity index (χ4n) is 1.57. The second-order valence-corrected chi connectivity index (χ2v) is 4.67. The summed E-state index contributed by atoms with van der Waals surface area (Å²) in [4.78, 5) is 16.3. The number of hydrogen-bond donors (Lipinski definition) is 2. The van der Waals surface area contributed by atoms with Crippen molar-refractivity contribution in [2.24, 2.45) is 5.73 Å². The minimum atomic E-state index is -0.650. The van der Waals surface area contributed by atoms with Crippen LogP contribution in [0.25, 0.3) is 0 Å². The maximum Gasteiger partial charge on any atom is 0.245 e. The lowest BCUT2D eigenvalue weighted by Gasteiger charge is -2.15. The van der Waals surface area contributed by atoms with Crippen LogP contribution in [0.3, 0.4) is 0 Å². The van der Waals surface area contributed by atoms with Crippen molar-refractivity contribution in [1.82, 2.24) is 4.98 Å². The Morgan fingerprint density at radius 1 is 1.44 bits per heavy atom. The van der Waals surface area contributed by atoms with E-state index in [1.54, 1.807) is 17.6 Å². The number of amides is 1. The van der Waals surface area contributed by atoms with Gasteiger partial charge >= 0.3 is 0 Å². The fourth-order valence-corrected chi connectivity index (χ4v) is 2.43. The van der Waals surface area contributed by atoms with Crippen LogP contribution in [0.1, 0.15) is 16.6 Å². The topological polar surface area (TPSA) is 68.0 Å². The lowest BCUT2D eigenvalue weighted by molar-refractivity contribution is -0.118. The van der Waals surface area contributed by atoms with E-state index in [-0.39, 0.29) is 5.82 Å². The third-order valence-electron chi connectivity index (χ3n) is 2.48. The number of hydrogen-bond acceptors (Lipinski definition) is 4. The molecule has 1 aromatic heterocycles. The Hall–Kier alpha value is -1.95. The summed E-state index contributed by atoms with van der Waals surface area (Å²) in [7, 11) is 0. The zero-order chi connectivity index (χ0) is 13.1. The van der Waals surface area contributed by atoms with Gasteiger partial charge in [-0.2, -0.15) is 0 Å². The molecule has 0 bridgehead atoms. The largest absolute Gasteiger partial charge is 0.369 e. The number of aryl methyl sites for hydroxylation is 1. The first kappa shape index (κ1) is 12.5. The molecule has 0 saturated carbocycles. The molecule has 0 aliphatic heterocycles. The molecule has 18 heavy (non-hydrogen) atoms. The van der Waals surface area contributed by atoms with E-state index in [9.17, 15) is 9.18 Å². The first-order valence-electron chi connectivity index (χ1n) is 5.29. The van der Waals surface area contributed by atoms with E-state index < -0.39 is 11.9 Å². The molecule has 1 amide bonds. The molecule has 94 valence electrons.